The van der Waals surface area contributed by atoms with Crippen molar-refractivity contribution in [2.24, 2.45) is 0 Å². The summed E-state index contributed by atoms with van der Waals surface area (Å²) in [6.45, 7) is 4.38. The van der Waals surface area contributed by atoms with Gasteiger partial charge < -0.3 is 0 Å². The third-order valence-corrected chi connectivity index (χ3v) is 3.95. The van der Waals surface area contributed by atoms with E-state index in [2.05, 4.69) is 19.3 Å². The minimum absolute atomic E-state index is 0.0257. The summed E-state index contributed by atoms with van der Waals surface area (Å²) in [7, 11) is 0. The first-order valence-electron chi connectivity index (χ1n) is 6.51. The summed E-state index contributed by atoms with van der Waals surface area (Å²) in [5.74, 6) is -0.0257. The van der Waals surface area contributed by atoms with Crippen LogP contribution in [0.5, 0.6) is 0 Å². The Morgan fingerprint density at radius 1 is 1.22 bits per heavy atom. The van der Waals surface area contributed by atoms with Gasteiger partial charge in [0.1, 0.15) is 12.1 Å². The van der Waals surface area contributed by atoms with Crippen LogP contribution in [0.2, 0.25) is 5.02 Å². The normalized spacial score (nSPS) is 27.8. The van der Waals surface area contributed by atoms with Crippen LogP contribution in [0.1, 0.15) is 43.5 Å². The molecule has 1 aliphatic rings. The summed E-state index contributed by atoms with van der Waals surface area (Å²) < 4.78 is 0. The molecule has 0 aliphatic carbocycles. The molecule has 1 amide bonds. The maximum atomic E-state index is 12.1. The Kier molecular flexibility index (Phi) is 4.25. The van der Waals surface area contributed by atoms with Crippen LogP contribution >= 0.6 is 11.6 Å². The molecule has 18 heavy (non-hydrogen) atoms. The minimum Gasteiger partial charge on any atom is -0.264 e. The summed E-state index contributed by atoms with van der Waals surface area (Å²) in [5, 5.41) is 1.83. The Labute approximate surface area is 113 Å². The summed E-state index contributed by atoms with van der Waals surface area (Å²) in [4.78, 5) is 12.1. The van der Waals surface area contributed by atoms with Crippen LogP contribution < -0.4 is 10.4 Å². The molecule has 0 spiro atoms. The van der Waals surface area contributed by atoms with Crippen molar-refractivity contribution in [3.8, 4) is 0 Å². The van der Waals surface area contributed by atoms with E-state index in [1.165, 1.54) is 24.3 Å². The number of halogens is 1. The number of hydrogen-bond donors (Lipinski definition) is 2. The van der Waals surface area contributed by atoms with Gasteiger partial charge in [0.2, 0.25) is 0 Å². The van der Waals surface area contributed by atoms with E-state index in [4.69, 9.17) is 11.6 Å². The molecule has 2 N–H and O–H groups in total. The smallest absolute Gasteiger partial charge is 0.264 e. The fourth-order valence-corrected chi connectivity index (χ4v) is 2.70. The van der Waals surface area contributed by atoms with Gasteiger partial charge in [0.15, 0.2) is 0 Å². The predicted octanol–water partition coefficient (Wildman–Crippen LogP) is 1.83. The molecule has 2 atom stereocenters. The topological polar surface area (TPSA) is 33.5 Å². The quantitative estimate of drug-likeness (QED) is 0.842. The molecule has 1 aromatic carbocycles. The fourth-order valence-electron chi connectivity index (χ4n) is 2.58. The molecular weight excluding hydrogens is 248 g/mol. The first-order valence-corrected chi connectivity index (χ1v) is 6.89. The van der Waals surface area contributed by atoms with Crippen LogP contribution in [0, 0.1) is 0 Å². The van der Waals surface area contributed by atoms with Crippen molar-refractivity contribution in [1.82, 2.24) is 5.43 Å². The van der Waals surface area contributed by atoms with Gasteiger partial charge in [0.25, 0.3) is 5.91 Å². The molecule has 1 aliphatic heterocycles. The first-order chi connectivity index (χ1) is 8.58. The van der Waals surface area contributed by atoms with Gasteiger partial charge in [-0.25, -0.2) is 5.01 Å². The molecule has 3 nitrogen and oxygen atoms in total. The van der Waals surface area contributed by atoms with Gasteiger partial charge in [-0.05, 0) is 44.5 Å². The monoisotopic (exact) mass is 267 g/mol. The van der Waals surface area contributed by atoms with Crippen LogP contribution in [0.3, 0.4) is 0 Å². The zero-order chi connectivity index (χ0) is 13.1. The second-order valence-electron chi connectivity index (χ2n) is 5.15. The summed E-state index contributed by atoms with van der Waals surface area (Å²) in [5.41, 5.74) is 3.75. The minimum atomic E-state index is -0.0257. The van der Waals surface area contributed by atoms with E-state index in [-0.39, 0.29) is 5.91 Å². The highest BCUT2D eigenvalue weighted by Gasteiger charge is 2.30. The molecule has 0 bridgehead atoms. The summed E-state index contributed by atoms with van der Waals surface area (Å²) in [6, 6.07) is 7.96. The van der Waals surface area contributed by atoms with Gasteiger partial charge in [-0.2, -0.15) is 5.43 Å². The van der Waals surface area contributed by atoms with Crippen LogP contribution in [-0.2, 0) is 0 Å². The van der Waals surface area contributed by atoms with Gasteiger partial charge in [-0.3, -0.25) is 4.79 Å². The molecule has 0 aromatic heterocycles. The zero-order valence-electron chi connectivity index (χ0n) is 10.9. The number of benzene rings is 1. The van der Waals surface area contributed by atoms with E-state index in [0.29, 0.717) is 22.7 Å². The van der Waals surface area contributed by atoms with Crippen LogP contribution in [0.25, 0.3) is 0 Å². The third-order valence-electron chi connectivity index (χ3n) is 3.70. The number of quaternary nitrogens is 1. The number of nitrogens with one attached hydrogen (secondary N) is 2. The van der Waals surface area contributed by atoms with Gasteiger partial charge in [-0.1, -0.05) is 11.6 Å². The second-order valence-corrected chi connectivity index (χ2v) is 5.59. The molecule has 4 heteroatoms. The molecule has 0 radical (unpaired) electrons. The zero-order valence-corrected chi connectivity index (χ0v) is 11.6. The number of hydrogen-bond acceptors (Lipinski definition) is 1. The molecule has 2 unspecified atom stereocenters. The van der Waals surface area contributed by atoms with Crippen molar-refractivity contribution in [3.63, 3.8) is 0 Å². The number of piperidine rings is 1. The molecule has 2 rings (SSSR count). The maximum absolute atomic E-state index is 12.1. The number of amides is 1. The van der Waals surface area contributed by atoms with Gasteiger partial charge in [0.05, 0.1) is 0 Å². The largest absolute Gasteiger partial charge is 0.295 e. The van der Waals surface area contributed by atoms with E-state index >= 15 is 0 Å². The SMILES string of the molecule is CC1CCCC(C)[NH+]1NC(=O)c1ccc(Cl)cc1. The molecule has 1 fully saturated rings. The number of carbonyl (C=O) groups is 1. The molecule has 98 valence electrons. The molecule has 1 aromatic rings. The number of carbonyl (C=O) groups excluding carboxylic acids is 1. The van der Waals surface area contributed by atoms with E-state index in [0.717, 1.165) is 0 Å². The molecular formula is C14H20ClN2O+. The lowest BCUT2D eigenvalue weighted by Crippen LogP contribution is -3.25. The average molecular weight is 268 g/mol. The van der Waals surface area contributed by atoms with Gasteiger partial charge in [-0.15, -0.1) is 0 Å². The van der Waals surface area contributed by atoms with Crippen molar-refractivity contribution in [3.05, 3.63) is 34.9 Å². The lowest BCUT2D eigenvalue weighted by Gasteiger charge is -2.34. The van der Waals surface area contributed by atoms with E-state index in [1.54, 1.807) is 24.3 Å². The van der Waals surface area contributed by atoms with Crippen molar-refractivity contribution in [2.45, 2.75) is 45.2 Å². The second kappa shape index (κ2) is 5.72. The summed E-state index contributed by atoms with van der Waals surface area (Å²) in [6.07, 6.45) is 3.59. The van der Waals surface area contributed by atoms with Gasteiger partial charge in [0, 0.05) is 23.4 Å². The highest BCUT2D eigenvalue weighted by molar-refractivity contribution is 6.30. The van der Waals surface area contributed by atoms with Crippen molar-refractivity contribution < 1.29 is 9.80 Å². The van der Waals surface area contributed by atoms with Crippen LogP contribution in [-0.4, -0.2) is 18.0 Å². The Balaban J connectivity index is 2.04. The average Bonchev–Trinajstić information content (AvgIpc) is 2.34. The lowest BCUT2D eigenvalue weighted by atomic mass is 10.00. The lowest BCUT2D eigenvalue weighted by molar-refractivity contribution is -0.984. The maximum Gasteiger partial charge on any atom is 0.295 e. The van der Waals surface area contributed by atoms with E-state index in [9.17, 15) is 4.79 Å². The fraction of sp³-hybridized carbons (Fsp3) is 0.500. The van der Waals surface area contributed by atoms with Crippen molar-refractivity contribution >= 4 is 17.5 Å². The highest BCUT2D eigenvalue weighted by Crippen LogP contribution is 2.10. The standard InChI is InChI=1S/C14H19ClN2O/c1-10-4-3-5-11(2)17(10)16-14(18)12-6-8-13(15)9-7-12/h6-11H,3-5H2,1-2H3,(H,16,18)/p+1. The highest BCUT2D eigenvalue weighted by atomic mass is 35.5. The third kappa shape index (κ3) is 3.03. The predicted molar refractivity (Wildman–Crippen MR) is 72.7 cm³/mol. The van der Waals surface area contributed by atoms with E-state index < -0.39 is 0 Å². The molecule has 1 saturated heterocycles. The Morgan fingerprint density at radius 2 is 1.78 bits per heavy atom. The Bertz CT molecular complexity index is 408. The molecule has 0 saturated carbocycles. The summed E-state index contributed by atoms with van der Waals surface area (Å²) >= 11 is 5.82. The van der Waals surface area contributed by atoms with Crippen molar-refractivity contribution in [2.75, 3.05) is 0 Å². The van der Waals surface area contributed by atoms with Crippen molar-refractivity contribution in [1.29, 1.82) is 0 Å². The first kappa shape index (κ1) is 13.4. The number of rotatable bonds is 2. The van der Waals surface area contributed by atoms with Gasteiger partial charge >= 0.3 is 0 Å². The Hall–Kier alpha value is -1.06. The Morgan fingerprint density at radius 3 is 2.33 bits per heavy atom. The molecule has 1 heterocycles. The van der Waals surface area contributed by atoms with Crippen LogP contribution in [0.4, 0.5) is 0 Å². The van der Waals surface area contributed by atoms with Crippen LogP contribution in [0.15, 0.2) is 24.3 Å². The van der Waals surface area contributed by atoms with E-state index in [1.807, 2.05) is 0 Å².